The molecule has 3 heteroatoms. The van der Waals surface area contributed by atoms with Gasteiger partial charge < -0.3 is 5.11 Å². The molecule has 1 atom stereocenters. The lowest BCUT2D eigenvalue weighted by Crippen LogP contribution is -2.16. The third kappa shape index (κ3) is 5.85. The Bertz CT molecular complexity index is 363. The summed E-state index contributed by atoms with van der Waals surface area (Å²) in [5, 5.41) is 9.20. The first-order valence-corrected chi connectivity index (χ1v) is 8.16. The Labute approximate surface area is 127 Å². The zero-order chi connectivity index (χ0) is 13.6. The van der Waals surface area contributed by atoms with Crippen LogP contribution in [-0.4, -0.2) is 11.7 Å². The monoisotopic (exact) mass is 376 g/mol. The second kappa shape index (κ2) is 7.66. The quantitative estimate of drug-likeness (QED) is 0.493. The molecule has 0 heterocycles. The lowest BCUT2D eigenvalue weighted by atomic mass is 9.88. The van der Waals surface area contributed by atoms with Gasteiger partial charge in [0.25, 0.3) is 0 Å². The summed E-state index contributed by atoms with van der Waals surface area (Å²) in [5.41, 5.74) is 1.39. The van der Waals surface area contributed by atoms with Crippen LogP contribution >= 0.6 is 31.9 Å². The smallest absolute Gasteiger partial charge is 0.0482 e. The molecule has 102 valence electrons. The maximum atomic E-state index is 9.20. The topological polar surface area (TPSA) is 20.2 Å². The average Bonchev–Trinajstić information content (AvgIpc) is 2.34. The molecule has 1 unspecified atom stereocenters. The van der Waals surface area contributed by atoms with Crippen LogP contribution in [0.5, 0.6) is 0 Å². The van der Waals surface area contributed by atoms with Crippen molar-refractivity contribution in [2.75, 3.05) is 6.61 Å². The van der Waals surface area contributed by atoms with Gasteiger partial charge in [-0.2, -0.15) is 0 Å². The normalized spacial score (nSPS) is 13.6. The van der Waals surface area contributed by atoms with E-state index in [1.165, 1.54) is 18.4 Å². The van der Waals surface area contributed by atoms with Gasteiger partial charge in [0.2, 0.25) is 0 Å². The largest absolute Gasteiger partial charge is 0.396 e. The van der Waals surface area contributed by atoms with Gasteiger partial charge in [0.15, 0.2) is 0 Å². The van der Waals surface area contributed by atoms with E-state index in [4.69, 9.17) is 0 Å². The molecule has 0 aromatic heterocycles. The van der Waals surface area contributed by atoms with Crippen LogP contribution in [0.1, 0.15) is 49.9 Å². The van der Waals surface area contributed by atoms with Gasteiger partial charge in [-0.25, -0.2) is 0 Å². The van der Waals surface area contributed by atoms with Gasteiger partial charge in [0, 0.05) is 15.9 Å². The molecule has 18 heavy (non-hydrogen) atoms. The molecule has 0 saturated heterocycles. The maximum Gasteiger partial charge on any atom is 0.0482 e. The van der Waals surface area contributed by atoms with Gasteiger partial charge in [-0.3, -0.25) is 0 Å². The van der Waals surface area contributed by atoms with Crippen molar-refractivity contribution in [1.82, 2.24) is 0 Å². The van der Waals surface area contributed by atoms with E-state index in [1.54, 1.807) is 0 Å². The first kappa shape index (κ1) is 16.2. The number of aliphatic hydroxyl groups excluding tert-OH is 1. The van der Waals surface area contributed by atoms with Crippen LogP contribution in [0.25, 0.3) is 0 Å². The van der Waals surface area contributed by atoms with Crippen LogP contribution in [0.4, 0.5) is 0 Å². The zero-order valence-corrected chi connectivity index (χ0v) is 14.3. The van der Waals surface area contributed by atoms with Crippen LogP contribution < -0.4 is 0 Å². The summed E-state index contributed by atoms with van der Waals surface area (Å²) in [5.74, 6) is 0. The fraction of sp³-hybridized carbons (Fsp3) is 0.600. The number of halogens is 2. The summed E-state index contributed by atoms with van der Waals surface area (Å²) in [6.45, 7) is 4.51. The molecular weight excluding hydrogens is 356 g/mol. The van der Waals surface area contributed by atoms with Crippen molar-refractivity contribution in [2.24, 2.45) is 5.41 Å². The highest BCUT2D eigenvalue weighted by Crippen LogP contribution is 2.31. The van der Waals surface area contributed by atoms with Crippen molar-refractivity contribution in [3.63, 3.8) is 0 Å². The van der Waals surface area contributed by atoms with E-state index < -0.39 is 0 Å². The number of rotatable bonds is 7. The third-order valence-electron chi connectivity index (χ3n) is 3.20. The third-order valence-corrected chi connectivity index (χ3v) is 4.68. The Morgan fingerprint density at radius 1 is 1.28 bits per heavy atom. The minimum absolute atomic E-state index is 0.0670. The molecule has 1 aromatic rings. The SMILES string of the molecule is CC(C)(CO)CCCCC(Br)c1cccc(Br)c1. The Kier molecular flexibility index (Phi) is 6.89. The minimum Gasteiger partial charge on any atom is -0.396 e. The van der Waals surface area contributed by atoms with Crippen LogP contribution in [0, 0.1) is 5.41 Å². The number of unbranched alkanes of at least 4 members (excludes halogenated alkanes) is 1. The van der Waals surface area contributed by atoms with Gasteiger partial charge in [0.1, 0.15) is 0 Å². The van der Waals surface area contributed by atoms with E-state index in [1.807, 2.05) is 6.07 Å². The van der Waals surface area contributed by atoms with E-state index in [2.05, 4.69) is 63.9 Å². The highest BCUT2D eigenvalue weighted by Gasteiger charge is 2.16. The number of aliphatic hydroxyl groups is 1. The standard InChI is InChI=1S/C15H22Br2O/c1-15(2,11-18)9-4-3-8-14(17)12-6-5-7-13(16)10-12/h5-7,10,14,18H,3-4,8-9,11H2,1-2H3. The second-order valence-electron chi connectivity index (χ2n) is 5.59. The highest BCUT2D eigenvalue weighted by molar-refractivity contribution is 9.10. The van der Waals surface area contributed by atoms with Gasteiger partial charge in [-0.15, -0.1) is 0 Å². The first-order chi connectivity index (χ1) is 8.44. The van der Waals surface area contributed by atoms with Gasteiger partial charge in [0.05, 0.1) is 0 Å². The van der Waals surface area contributed by atoms with Crippen molar-refractivity contribution >= 4 is 31.9 Å². The summed E-state index contributed by atoms with van der Waals surface area (Å²) in [6, 6.07) is 8.44. The number of hydrogen-bond acceptors (Lipinski definition) is 1. The lowest BCUT2D eigenvalue weighted by molar-refractivity contribution is 0.147. The summed E-state index contributed by atoms with van der Waals surface area (Å²) < 4.78 is 1.13. The molecule has 0 amide bonds. The van der Waals surface area contributed by atoms with Crippen molar-refractivity contribution in [2.45, 2.75) is 44.4 Å². The number of benzene rings is 1. The van der Waals surface area contributed by atoms with Gasteiger partial charge in [-0.1, -0.05) is 70.7 Å². The second-order valence-corrected chi connectivity index (χ2v) is 7.61. The molecule has 0 saturated carbocycles. The Hall–Kier alpha value is 0.140. The molecule has 0 fully saturated rings. The predicted octanol–water partition coefficient (Wildman–Crippen LogP) is 5.46. The molecular formula is C15H22Br2O. The van der Waals surface area contributed by atoms with Crippen LogP contribution in [0.15, 0.2) is 28.7 Å². The van der Waals surface area contributed by atoms with Crippen molar-refractivity contribution in [3.05, 3.63) is 34.3 Å². The molecule has 0 aliphatic carbocycles. The summed E-state index contributed by atoms with van der Waals surface area (Å²) in [6.07, 6.45) is 4.58. The number of alkyl halides is 1. The van der Waals surface area contributed by atoms with Crippen molar-refractivity contribution in [3.8, 4) is 0 Å². The van der Waals surface area contributed by atoms with E-state index in [0.717, 1.165) is 17.3 Å². The predicted molar refractivity (Wildman–Crippen MR) is 85.1 cm³/mol. The Balaban J connectivity index is 2.32. The molecule has 0 aliphatic rings. The summed E-state index contributed by atoms with van der Waals surface area (Å²) >= 11 is 7.25. The van der Waals surface area contributed by atoms with E-state index in [9.17, 15) is 5.11 Å². The van der Waals surface area contributed by atoms with Crippen molar-refractivity contribution < 1.29 is 5.11 Å². The molecule has 0 spiro atoms. The van der Waals surface area contributed by atoms with E-state index in [-0.39, 0.29) is 12.0 Å². The maximum absolute atomic E-state index is 9.20. The zero-order valence-electron chi connectivity index (χ0n) is 11.1. The first-order valence-electron chi connectivity index (χ1n) is 6.45. The highest BCUT2D eigenvalue weighted by atomic mass is 79.9. The van der Waals surface area contributed by atoms with Crippen LogP contribution in [0.2, 0.25) is 0 Å². The van der Waals surface area contributed by atoms with E-state index in [0.29, 0.717) is 4.83 Å². The van der Waals surface area contributed by atoms with Crippen molar-refractivity contribution in [1.29, 1.82) is 0 Å². The molecule has 0 bridgehead atoms. The Morgan fingerprint density at radius 2 is 2.00 bits per heavy atom. The fourth-order valence-corrected chi connectivity index (χ4v) is 2.90. The average molecular weight is 378 g/mol. The fourth-order valence-electron chi connectivity index (χ4n) is 1.87. The molecule has 1 rings (SSSR count). The summed E-state index contributed by atoms with van der Waals surface area (Å²) in [7, 11) is 0. The molecule has 1 N–H and O–H groups in total. The van der Waals surface area contributed by atoms with E-state index >= 15 is 0 Å². The molecule has 1 aromatic carbocycles. The molecule has 0 aliphatic heterocycles. The lowest BCUT2D eigenvalue weighted by Gasteiger charge is -2.21. The van der Waals surface area contributed by atoms with Crippen LogP contribution in [0.3, 0.4) is 0 Å². The molecule has 0 radical (unpaired) electrons. The minimum atomic E-state index is 0.0670. The van der Waals surface area contributed by atoms with Crippen LogP contribution in [-0.2, 0) is 0 Å². The molecule has 1 nitrogen and oxygen atoms in total. The number of hydrogen-bond donors (Lipinski definition) is 1. The summed E-state index contributed by atoms with van der Waals surface area (Å²) in [4.78, 5) is 0.423. The van der Waals surface area contributed by atoms with Gasteiger partial charge in [-0.05, 0) is 36.0 Å². The van der Waals surface area contributed by atoms with Gasteiger partial charge >= 0.3 is 0 Å². The Morgan fingerprint density at radius 3 is 2.61 bits per heavy atom.